The first-order chi connectivity index (χ1) is 14.0. The molecule has 0 aliphatic rings. The van der Waals surface area contributed by atoms with E-state index >= 15 is 0 Å². The van der Waals surface area contributed by atoms with Gasteiger partial charge < -0.3 is 4.42 Å². The fourth-order valence-electron chi connectivity index (χ4n) is 2.67. The average Bonchev–Trinajstić information content (AvgIpc) is 3.17. The Bertz CT molecular complexity index is 1260. The maximum absolute atomic E-state index is 10.7. The molecule has 1 N–H and O–H groups in total. The van der Waals surface area contributed by atoms with Gasteiger partial charge in [0, 0.05) is 20.4 Å². The Hall–Kier alpha value is -3.30. The van der Waals surface area contributed by atoms with Gasteiger partial charge in [-0.3, -0.25) is 10.1 Å². The van der Waals surface area contributed by atoms with Crippen LogP contribution in [0.3, 0.4) is 0 Å². The van der Waals surface area contributed by atoms with Gasteiger partial charge in [-0.25, -0.2) is 15.4 Å². The van der Waals surface area contributed by atoms with E-state index in [0.717, 1.165) is 15.4 Å². The van der Waals surface area contributed by atoms with Crippen LogP contribution in [0.1, 0.15) is 5.76 Å². The lowest BCUT2D eigenvalue weighted by Gasteiger charge is -2.10. The Labute approximate surface area is 177 Å². The summed E-state index contributed by atoms with van der Waals surface area (Å²) in [5, 5.41) is 16.1. The molecule has 0 unspecified atom stereocenters. The minimum atomic E-state index is -0.620. The van der Waals surface area contributed by atoms with Crippen molar-refractivity contribution in [3.63, 3.8) is 0 Å². The number of furan rings is 1. The van der Waals surface area contributed by atoms with Gasteiger partial charge in [-0.05, 0) is 30.3 Å². The molecular weight excluding hydrogens is 462 g/mol. The first-order valence-corrected chi connectivity index (χ1v) is 9.44. The summed E-state index contributed by atoms with van der Waals surface area (Å²) in [7, 11) is 0. The molecule has 4 rings (SSSR count). The van der Waals surface area contributed by atoms with E-state index in [1.54, 1.807) is 6.07 Å². The van der Waals surface area contributed by atoms with Gasteiger partial charge in [-0.1, -0.05) is 45.7 Å². The van der Waals surface area contributed by atoms with Gasteiger partial charge in [-0.15, -0.1) is 0 Å². The number of fused-ring (bicyclic) bond motifs is 1. The summed E-state index contributed by atoms with van der Waals surface area (Å²) < 4.78 is 5.91. The van der Waals surface area contributed by atoms with Crippen LogP contribution in [0.4, 0.5) is 11.8 Å². The molecule has 0 aliphatic carbocycles. The smallest absolute Gasteiger partial charge is 0.400 e. The SMILES string of the molecule is O=[N+]([O-])c1ccc(/C=N\Nc2nc(-c3ccccc3Cl)c3cc(Br)ccc3n2)o1. The monoisotopic (exact) mass is 471 g/mol. The van der Waals surface area contributed by atoms with E-state index in [0.29, 0.717) is 16.2 Å². The van der Waals surface area contributed by atoms with Crippen LogP contribution in [0.25, 0.3) is 22.2 Å². The molecule has 2 heterocycles. The van der Waals surface area contributed by atoms with Crippen molar-refractivity contribution in [3.8, 4) is 11.3 Å². The number of nitro groups is 1. The highest BCUT2D eigenvalue weighted by molar-refractivity contribution is 9.10. The van der Waals surface area contributed by atoms with E-state index in [-0.39, 0.29) is 17.6 Å². The number of rotatable bonds is 5. The Morgan fingerprint density at radius 1 is 1.17 bits per heavy atom. The first kappa shape index (κ1) is 19.0. The van der Waals surface area contributed by atoms with Crippen LogP contribution in [-0.4, -0.2) is 21.1 Å². The second-order valence-electron chi connectivity index (χ2n) is 5.84. The van der Waals surface area contributed by atoms with Crippen LogP contribution in [0.5, 0.6) is 0 Å². The van der Waals surface area contributed by atoms with Crippen molar-refractivity contribution in [3.05, 3.63) is 80.0 Å². The number of nitrogens with one attached hydrogen (secondary N) is 1. The van der Waals surface area contributed by atoms with E-state index in [1.807, 2.05) is 36.4 Å². The largest absolute Gasteiger partial charge is 0.433 e. The highest BCUT2D eigenvalue weighted by Crippen LogP contribution is 2.33. The molecule has 0 bridgehead atoms. The summed E-state index contributed by atoms with van der Waals surface area (Å²) in [5.41, 5.74) is 4.83. The molecule has 0 radical (unpaired) electrons. The molecule has 8 nitrogen and oxygen atoms in total. The molecule has 0 amide bonds. The zero-order chi connectivity index (χ0) is 20.4. The highest BCUT2D eigenvalue weighted by Gasteiger charge is 2.13. The highest BCUT2D eigenvalue weighted by atomic mass is 79.9. The van der Waals surface area contributed by atoms with Crippen LogP contribution in [0.2, 0.25) is 5.02 Å². The molecule has 0 saturated carbocycles. The predicted octanol–water partition coefficient (Wildman–Crippen LogP) is 5.66. The van der Waals surface area contributed by atoms with Crippen molar-refractivity contribution in [2.75, 3.05) is 5.43 Å². The number of hydrazone groups is 1. The number of benzene rings is 2. The third-order valence-corrected chi connectivity index (χ3v) is 4.76. The molecule has 2 aromatic carbocycles. The average molecular weight is 473 g/mol. The number of hydrogen-bond donors (Lipinski definition) is 1. The summed E-state index contributed by atoms with van der Waals surface area (Å²) in [5.74, 6) is 0.104. The Morgan fingerprint density at radius 3 is 2.76 bits per heavy atom. The van der Waals surface area contributed by atoms with Crippen LogP contribution in [0.15, 0.2) is 68.6 Å². The van der Waals surface area contributed by atoms with Crippen molar-refractivity contribution >= 4 is 56.5 Å². The van der Waals surface area contributed by atoms with Gasteiger partial charge in [0.2, 0.25) is 5.95 Å². The van der Waals surface area contributed by atoms with Gasteiger partial charge in [-0.2, -0.15) is 5.10 Å². The van der Waals surface area contributed by atoms with Gasteiger partial charge in [0.05, 0.1) is 23.5 Å². The van der Waals surface area contributed by atoms with E-state index in [9.17, 15) is 10.1 Å². The van der Waals surface area contributed by atoms with Crippen molar-refractivity contribution in [2.45, 2.75) is 0 Å². The molecular formula is C19H11BrClN5O3. The van der Waals surface area contributed by atoms with Gasteiger partial charge in [0.25, 0.3) is 0 Å². The Kier molecular flexibility index (Phi) is 5.24. The predicted molar refractivity (Wildman–Crippen MR) is 114 cm³/mol. The van der Waals surface area contributed by atoms with Gasteiger partial charge >= 0.3 is 5.88 Å². The second-order valence-corrected chi connectivity index (χ2v) is 7.16. The van der Waals surface area contributed by atoms with Crippen molar-refractivity contribution in [1.29, 1.82) is 0 Å². The summed E-state index contributed by atoms with van der Waals surface area (Å²) >= 11 is 9.84. The molecule has 0 aliphatic heterocycles. The zero-order valence-electron chi connectivity index (χ0n) is 14.5. The standard InChI is InChI=1S/C19H11BrClN5O3/c20-11-5-7-16-14(9-11)18(13-3-1-2-4-15(13)21)24-19(23-16)25-22-10-12-6-8-17(29-12)26(27)28/h1-10H,(H,23,24,25)/b22-10-. The molecule has 0 saturated heterocycles. The maximum atomic E-state index is 10.7. The molecule has 4 aromatic rings. The summed E-state index contributed by atoms with van der Waals surface area (Å²) in [6.45, 7) is 0. The number of aromatic nitrogens is 2. The number of nitrogens with zero attached hydrogens (tertiary/aromatic N) is 4. The molecule has 0 atom stereocenters. The van der Waals surface area contributed by atoms with E-state index < -0.39 is 4.92 Å². The fraction of sp³-hybridized carbons (Fsp3) is 0. The molecule has 10 heteroatoms. The zero-order valence-corrected chi connectivity index (χ0v) is 16.9. The third kappa shape index (κ3) is 4.10. The first-order valence-electron chi connectivity index (χ1n) is 8.27. The quantitative estimate of drug-likeness (QED) is 0.228. The number of anilines is 1. The van der Waals surface area contributed by atoms with E-state index in [1.165, 1.54) is 18.3 Å². The number of halogens is 2. The van der Waals surface area contributed by atoms with Crippen LogP contribution in [-0.2, 0) is 0 Å². The van der Waals surface area contributed by atoms with Crippen molar-refractivity contribution in [1.82, 2.24) is 9.97 Å². The summed E-state index contributed by atoms with van der Waals surface area (Å²) in [4.78, 5) is 19.1. The summed E-state index contributed by atoms with van der Waals surface area (Å²) in [6.07, 6.45) is 1.30. The molecule has 2 aromatic heterocycles. The molecule has 29 heavy (non-hydrogen) atoms. The lowest BCUT2D eigenvalue weighted by Crippen LogP contribution is -2.00. The molecule has 0 spiro atoms. The molecule has 0 fully saturated rings. The Morgan fingerprint density at radius 2 is 2.00 bits per heavy atom. The van der Waals surface area contributed by atoms with Crippen molar-refractivity contribution < 1.29 is 9.34 Å². The normalized spacial score (nSPS) is 11.2. The lowest BCUT2D eigenvalue weighted by atomic mass is 10.1. The minimum absolute atomic E-state index is 0.222. The van der Waals surface area contributed by atoms with Gasteiger partial charge in [0.1, 0.15) is 4.92 Å². The maximum Gasteiger partial charge on any atom is 0.433 e. The minimum Gasteiger partial charge on any atom is -0.400 e. The van der Waals surface area contributed by atoms with Crippen molar-refractivity contribution in [2.24, 2.45) is 5.10 Å². The van der Waals surface area contributed by atoms with Crippen LogP contribution in [0, 0.1) is 10.1 Å². The third-order valence-electron chi connectivity index (χ3n) is 3.94. The van der Waals surface area contributed by atoms with E-state index in [2.05, 4.69) is 36.4 Å². The Balaban J connectivity index is 1.71. The topological polar surface area (TPSA) is 106 Å². The van der Waals surface area contributed by atoms with Crippen LogP contribution >= 0.6 is 27.5 Å². The summed E-state index contributed by atoms with van der Waals surface area (Å²) in [6, 6.07) is 15.7. The fourth-order valence-corrected chi connectivity index (χ4v) is 3.26. The second kappa shape index (κ2) is 7.98. The molecule has 144 valence electrons. The van der Waals surface area contributed by atoms with Gasteiger partial charge in [0.15, 0.2) is 5.76 Å². The van der Waals surface area contributed by atoms with E-state index in [4.69, 9.17) is 16.0 Å². The van der Waals surface area contributed by atoms with Crippen LogP contribution < -0.4 is 5.43 Å². The number of hydrogen-bond acceptors (Lipinski definition) is 7. The lowest BCUT2D eigenvalue weighted by molar-refractivity contribution is -0.402.